The van der Waals surface area contributed by atoms with Crippen LogP contribution in [0.4, 0.5) is 10.5 Å². The number of rotatable bonds is 10. The van der Waals surface area contributed by atoms with E-state index in [2.05, 4.69) is 5.32 Å². The minimum absolute atomic E-state index is 0.128. The zero-order valence-electron chi connectivity index (χ0n) is 29.0. The maximum atomic E-state index is 14.3. The average molecular weight is 802 g/mol. The Labute approximate surface area is 320 Å². The predicted octanol–water partition coefficient (Wildman–Crippen LogP) is 6.48. The van der Waals surface area contributed by atoms with Gasteiger partial charge in [0, 0.05) is 86.3 Å². The Bertz CT molecular complexity index is 2110. The predicted molar refractivity (Wildman–Crippen MR) is 205 cm³/mol. The number of carbonyl (C=O) groups excluding carboxylic acids is 3. The molecule has 4 aliphatic rings. The molecule has 3 N–H and O–H groups in total. The van der Waals surface area contributed by atoms with Gasteiger partial charge in [0.05, 0.1) is 21.5 Å². The third-order valence-electron chi connectivity index (χ3n) is 10.3. The van der Waals surface area contributed by atoms with Crippen molar-refractivity contribution in [1.29, 1.82) is 0 Å². The SMILES string of the molecule is CNCCN(C)C(=O)Oc1cc2c(c3ccccc13)C(CCl)CN2C(=O)c1ccc(C(=O)N2CC(CCl)C3=C2CC(OP(=O)(O)O)C2CC=CC=C32)s1. The molecule has 16 heteroatoms. The lowest BCUT2D eigenvalue weighted by molar-refractivity contribution is 0.0754. The summed E-state index contributed by atoms with van der Waals surface area (Å²) in [6.07, 6.45) is 5.05. The summed E-state index contributed by atoms with van der Waals surface area (Å²) in [5, 5.41) is 4.58. The van der Waals surface area contributed by atoms with E-state index >= 15 is 0 Å². The normalized spacial score (nSPS) is 22.1. The van der Waals surface area contributed by atoms with Crippen molar-refractivity contribution < 1.29 is 38.0 Å². The van der Waals surface area contributed by atoms with Crippen LogP contribution in [0.3, 0.4) is 0 Å². The molecule has 0 saturated heterocycles. The Kier molecular flexibility index (Phi) is 10.9. The summed E-state index contributed by atoms with van der Waals surface area (Å²) in [6.45, 7) is 1.62. The lowest BCUT2D eigenvalue weighted by Gasteiger charge is -2.37. The summed E-state index contributed by atoms with van der Waals surface area (Å²) in [5.41, 5.74) is 3.89. The summed E-state index contributed by atoms with van der Waals surface area (Å²) in [6, 6.07) is 12.5. The fourth-order valence-electron chi connectivity index (χ4n) is 7.86. The molecule has 3 amide bonds. The second-order valence-electron chi connectivity index (χ2n) is 13.5. The van der Waals surface area contributed by atoms with Crippen LogP contribution in [0.25, 0.3) is 10.8 Å². The van der Waals surface area contributed by atoms with Gasteiger partial charge in [0.15, 0.2) is 0 Å². The molecule has 0 fully saturated rings. The number of nitrogens with zero attached hydrogens (tertiary/aromatic N) is 3. The Morgan fingerprint density at radius 1 is 1.02 bits per heavy atom. The molecule has 4 atom stereocenters. The number of alkyl halides is 2. The highest BCUT2D eigenvalue weighted by atomic mass is 35.5. The first kappa shape index (κ1) is 37.8. The maximum absolute atomic E-state index is 14.3. The van der Waals surface area contributed by atoms with Crippen molar-refractivity contribution in [1.82, 2.24) is 15.1 Å². The maximum Gasteiger partial charge on any atom is 0.469 e. The van der Waals surface area contributed by atoms with Crippen molar-refractivity contribution in [3.8, 4) is 5.75 Å². The van der Waals surface area contributed by atoms with E-state index in [0.717, 1.165) is 38.8 Å². The molecule has 0 spiro atoms. The summed E-state index contributed by atoms with van der Waals surface area (Å²) >= 11 is 14.0. The number of ether oxygens (including phenoxy) is 1. The van der Waals surface area contributed by atoms with Gasteiger partial charge in [0.2, 0.25) is 0 Å². The number of thiophene rings is 1. The highest BCUT2D eigenvalue weighted by Crippen LogP contribution is 2.52. The molecule has 2 aromatic carbocycles. The molecule has 2 aliphatic carbocycles. The highest BCUT2D eigenvalue weighted by Gasteiger charge is 2.46. The van der Waals surface area contributed by atoms with Crippen LogP contribution in [0.15, 0.2) is 77.5 Å². The lowest BCUT2D eigenvalue weighted by Crippen LogP contribution is -2.35. The molecule has 3 aromatic rings. The van der Waals surface area contributed by atoms with E-state index in [9.17, 15) is 28.7 Å². The van der Waals surface area contributed by atoms with Gasteiger partial charge in [-0.15, -0.1) is 34.5 Å². The highest BCUT2D eigenvalue weighted by molar-refractivity contribution is 7.46. The van der Waals surface area contributed by atoms with Gasteiger partial charge in [-0.05, 0) is 47.7 Å². The van der Waals surface area contributed by atoms with Crippen LogP contribution in [0.2, 0.25) is 0 Å². The smallest absolute Gasteiger partial charge is 0.409 e. The Morgan fingerprint density at radius 3 is 2.38 bits per heavy atom. The number of benzene rings is 2. The van der Waals surface area contributed by atoms with Crippen molar-refractivity contribution in [2.75, 3.05) is 56.9 Å². The molecule has 280 valence electrons. The fraction of sp³-hybridized carbons (Fsp3) is 0.378. The molecule has 3 heterocycles. The van der Waals surface area contributed by atoms with Crippen LogP contribution in [0.5, 0.6) is 5.75 Å². The monoisotopic (exact) mass is 800 g/mol. The molecular weight excluding hydrogens is 762 g/mol. The van der Waals surface area contributed by atoms with E-state index in [0.29, 0.717) is 59.5 Å². The van der Waals surface area contributed by atoms with E-state index in [1.54, 1.807) is 42.1 Å². The summed E-state index contributed by atoms with van der Waals surface area (Å²) in [5.74, 6) is -0.468. The number of amides is 3. The number of fused-ring (bicyclic) bond motifs is 5. The number of nitrogens with one attached hydrogen (secondary N) is 1. The van der Waals surface area contributed by atoms with Crippen LogP contribution in [0, 0.1) is 11.8 Å². The van der Waals surface area contributed by atoms with Crippen molar-refractivity contribution in [3.63, 3.8) is 0 Å². The Hall–Kier alpha value is -3.52. The van der Waals surface area contributed by atoms with E-state index < -0.39 is 20.0 Å². The largest absolute Gasteiger partial charge is 0.469 e. The van der Waals surface area contributed by atoms with Gasteiger partial charge in [0.1, 0.15) is 5.75 Å². The van der Waals surface area contributed by atoms with Crippen molar-refractivity contribution in [2.45, 2.75) is 24.9 Å². The third kappa shape index (κ3) is 7.22. The number of phosphoric acid groups is 1. The van der Waals surface area contributed by atoms with Gasteiger partial charge in [-0.3, -0.25) is 14.1 Å². The van der Waals surface area contributed by atoms with Crippen molar-refractivity contribution >= 4 is 76.7 Å². The molecule has 7 rings (SSSR count). The number of halogens is 2. The molecule has 12 nitrogen and oxygen atoms in total. The molecule has 0 saturated carbocycles. The first-order valence-electron chi connectivity index (χ1n) is 17.3. The summed E-state index contributed by atoms with van der Waals surface area (Å²) < 4.78 is 23.1. The van der Waals surface area contributed by atoms with Gasteiger partial charge in [-0.25, -0.2) is 9.36 Å². The molecule has 53 heavy (non-hydrogen) atoms. The number of hydrogen-bond donors (Lipinski definition) is 3. The molecule has 4 unspecified atom stereocenters. The second-order valence-corrected chi connectivity index (χ2v) is 16.4. The number of phosphoric ester groups is 1. The third-order valence-corrected chi connectivity index (χ3v) is 12.7. The number of likely N-dealkylation sites (N-methyl/N-ethyl adjacent to an activating group) is 2. The Balaban J connectivity index is 1.19. The van der Waals surface area contributed by atoms with Crippen LogP contribution in [0.1, 0.15) is 43.7 Å². The van der Waals surface area contributed by atoms with Crippen LogP contribution in [-0.2, 0) is 9.09 Å². The van der Waals surface area contributed by atoms with Crippen LogP contribution < -0.4 is 15.0 Å². The zero-order valence-corrected chi connectivity index (χ0v) is 32.3. The molecule has 1 aromatic heterocycles. The van der Waals surface area contributed by atoms with E-state index in [1.165, 1.54) is 4.90 Å². The standard InChI is InChI=1S/C37H39Cl2N4O8PS/c1-40-13-14-41(2)37(46)50-29-15-27-33(25-9-5-3-7-23(25)29)21(17-38)19-42(27)35(44)31-11-12-32(53-31)36(45)43-20-22(18-39)34-26-10-6-4-8-24(26)30(16-28(34)43)51-52(47,48)49/h3-7,9-12,15,21-22,24,30,40H,8,13-14,16-20H2,1-2H3,(H2,47,48,49). The molecule has 0 radical (unpaired) electrons. The first-order chi connectivity index (χ1) is 25.4. The van der Waals surface area contributed by atoms with Gasteiger partial charge in [-0.2, -0.15) is 0 Å². The van der Waals surface area contributed by atoms with Gasteiger partial charge < -0.3 is 34.5 Å². The minimum Gasteiger partial charge on any atom is -0.409 e. The van der Waals surface area contributed by atoms with E-state index in [-0.39, 0.29) is 47.7 Å². The van der Waals surface area contributed by atoms with Crippen LogP contribution in [-0.4, -0.2) is 95.6 Å². The Morgan fingerprint density at radius 2 is 1.70 bits per heavy atom. The average Bonchev–Trinajstić information content (AvgIpc) is 3.89. The number of hydrogen-bond acceptors (Lipinski definition) is 8. The fourth-order valence-corrected chi connectivity index (χ4v) is 9.84. The van der Waals surface area contributed by atoms with Crippen LogP contribution >= 0.6 is 42.4 Å². The lowest BCUT2D eigenvalue weighted by atomic mass is 9.74. The minimum atomic E-state index is -4.82. The van der Waals surface area contributed by atoms with Crippen molar-refractivity contribution in [2.24, 2.45) is 11.8 Å². The quantitative estimate of drug-likeness (QED) is 0.155. The second kappa shape index (κ2) is 15.3. The van der Waals surface area contributed by atoms with E-state index in [4.69, 9.17) is 32.5 Å². The number of carbonyl (C=O) groups is 3. The molecular formula is C37H39Cl2N4O8PS. The molecule has 2 aliphatic heterocycles. The first-order valence-corrected chi connectivity index (χ1v) is 20.7. The molecule has 0 bridgehead atoms. The van der Waals surface area contributed by atoms with Gasteiger partial charge in [-0.1, -0.05) is 42.5 Å². The zero-order chi connectivity index (χ0) is 37.6. The summed E-state index contributed by atoms with van der Waals surface area (Å²) in [4.78, 5) is 66.4. The van der Waals surface area contributed by atoms with E-state index in [1.807, 2.05) is 42.5 Å². The van der Waals surface area contributed by atoms with Crippen molar-refractivity contribution in [3.05, 3.63) is 92.9 Å². The van der Waals surface area contributed by atoms with Gasteiger partial charge in [0.25, 0.3) is 11.8 Å². The topological polar surface area (TPSA) is 149 Å². The number of allylic oxidation sites excluding steroid dienone is 3. The summed E-state index contributed by atoms with van der Waals surface area (Å²) in [7, 11) is -1.36. The van der Waals surface area contributed by atoms with Gasteiger partial charge >= 0.3 is 13.9 Å². The number of anilines is 1.